The zero-order valence-corrected chi connectivity index (χ0v) is 14.2. The summed E-state index contributed by atoms with van der Waals surface area (Å²) in [6.45, 7) is 7.00. The van der Waals surface area contributed by atoms with Crippen LogP contribution in [0.5, 0.6) is 0 Å². The van der Waals surface area contributed by atoms with Crippen LogP contribution in [0.1, 0.15) is 54.5 Å². The smallest absolute Gasteiger partial charge is 0.360 e. The molecule has 2 aromatic rings. The van der Waals surface area contributed by atoms with Gasteiger partial charge in [-0.25, -0.2) is 9.78 Å². The SMILES string of the molecule is Cc1ccc(N2CCC[C@H]2COC(=O)c2ncoc2C(C)C)nn1. The van der Waals surface area contributed by atoms with E-state index in [2.05, 4.69) is 20.1 Å². The van der Waals surface area contributed by atoms with E-state index < -0.39 is 5.97 Å². The van der Waals surface area contributed by atoms with Crippen molar-refractivity contribution >= 4 is 11.8 Å². The molecule has 1 aliphatic rings. The summed E-state index contributed by atoms with van der Waals surface area (Å²) in [5.74, 6) is 1.03. The molecule has 0 radical (unpaired) electrons. The summed E-state index contributed by atoms with van der Waals surface area (Å²) in [5.41, 5.74) is 1.15. The first kappa shape index (κ1) is 16.4. The van der Waals surface area contributed by atoms with Crippen molar-refractivity contribution < 1.29 is 13.9 Å². The number of aryl methyl sites for hydroxylation is 1. The number of hydrogen-bond donors (Lipinski definition) is 0. The predicted molar refractivity (Wildman–Crippen MR) is 88.0 cm³/mol. The quantitative estimate of drug-likeness (QED) is 0.780. The maximum Gasteiger partial charge on any atom is 0.360 e. The molecule has 3 rings (SSSR count). The van der Waals surface area contributed by atoms with Crippen LogP contribution in [0.15, 0.2) is 22.9 Å². The first-order chi connectivity index (χ1) is 11.6. The minimum atomic E-state index is -0.436. The molecule has 128 valence electrons. The second kappa shape index (κ2) is 6.98. The molecule has 0 spiro atoms. The van der Waals surface area contributed by atoms with Crippen molar-refractivity contribution in [2.24, 2.45) is 0 Å². The number of carbonyl (C=O) groups excluding carboxylic acids is 1. The van der Waals surface area contributed by atoms with Crippen LogP contribution in [0.3, 0.4) is 0 Å². The molecule has 0 aliphatic carbocycles. The van der Waals surface area contributed by atoms with Crippen molar-refractivity contribution in [3.63, 3.8) is 0 Å². The van der Waals surface area contributed by atoms with Gasteiger partial charge in [-0.05, 0) is 31.9 Å². The molecule has 24 heavy (non-hydrogen) atoms. The van der Waals surface area contributed by atoms with Gasteiger partial charge < -0.3 is 14.1 Å². The fraction of sp³-hybridized carbons (Fsp3) is 0.529. The number of anilines is 1. The van der Waals surface area contributed by atoms with Crippen LogP contribution in [0.2, 0.25) is 0 Å². The molecule has 7 heteroatoms. The summed E-state index contributed by atoms with van der Waals surface area (Å²) in [5, 5.41) is 8.34. The van der Waals surface area contributed by atoms with E-state index in [-0.39, 0.29) is 17.7 Å². The molecule has 7 nitrogen and oxygen atoms in total. The summed E-state index contributed by atoms with van der Waals surface area (Å²) in [4.78, 5) is 18.4. The first-order valence-electron chi connectivity index (χ1n) is 8.23. The number of hydrogen-bond acceptors (Lipinski definition) is 7. The molecule has 0 aromatic carbocycles. The zero-order chi connectivity index (χ0) is 17.1. The Bertz CT molecular complexity index is 696. The summed E-state index contributed by atoms with van der Waals surface area (Å²) in [6, 6.07) is 4.01. The van der Waals surface area contributed by atoms with Gasteiger partial charge in [-0.3, -0.25) is 0 Å². The van der Waals surface area contributed by atoms with Crippen molar-refractivity contribution in [1.29, 1.82) is 0 Å². The van der Waals surface area contributed by atoms with Crippen molar-refractivity contribution in [2.45, 2.75) is 45.6 Å². The Morgan fingerprint density at radius 2 is 2.25 bits per heavy atom. The highest BCUT2D eigenvalue weighted by Gasteiger charge is 2.28. The molecule has 0 saturated carbocycles. The molecule has 0 unspecified atom stereocenters. The molecule has 1 atom stereocenters. The lowest BCUT2D eigenvalue weighted by atomic mass is 10.1. The average molecular weight is 330 g/mol. The Hall–Kier alpha value is -2.44. The second-order valence-corrected chi connectivity index (χ2v) is 6.34. The second-order valence-electron chi connectivity index (χ2n) is 6.34. The van der Waals surface area contributed by atoms with Crippen molar-refractivity contribution in [3.05, 3.63) is 35.7 Å². The highest BCUT2D eigenvalue weighted by molar-refractivity contribution is 5.88. The zero-order valence-electron chi connectivity index (χ0n) is 14.2. The van der Waals surface area contributed by atoms with Gasteiger partial charge in [0.15, 0.2) is 17.9 Å². The fourth-order valence-electron chi connectivity index (χ4n) is 2.91. The first-order valence-corrected chi connectivity index (χ1v) is 8.23. The van der Waals surface area contributed by atoms with Gasteiger partial charge in [0.25, 0.3) is 0 Å². The number of nitrogens with zero attached hydrogens (tertiary/aromatic N) is 4. The molecule has 1 saturated heterocycles. The topological polar surface area (TPSA) is 81.4 Å². The molecule has 2 aromatic heterocycles. The van der Waals surface area contributed by atoms with Crippen molar-refractivity contribution in [1.82, 2.24) is 15.2 Å². The largest absolute Gasteiger partial charge is 0.459 e. The normalized spacial score (nSPS) is 17.5. The van der Waals surface area contributed by atoms with E-state index in [1.165, 1.54) is 6.39 Å². The number of aromatic nitrogens is 3. The Morgan fingerprint density at radius 1 is 1.42 bits per heavy atom. The number of rotatable bonds is 5. The molecule has 3 heterocycles. The standard InChI is InChI=1S/C17H22N4O3/c1-11(2)16-15(18-10-24-16)17(22)23-9-13-5-4-8-21(13)14-7-6-12(3)19-20-14/h6-7,10-11,13H,4-5,8-9H2,1-3H3/t13-/m0/s1. The van der Waals surface area contributed by atoms with Gasteiger partial charge in [0, 0.05) is 12.5 Å². The van der Waals surface area contributed by atoms with Gasteiger partial charge in [-0.1, -0.05) is 13.8 Å². The van der Waals surface area contributed by atoms with Crippen LogP contribution in [-0.2, 0) is 4.74 Å². The maximum absolute atomic E-state index is 12.3. The minimum absolute atomic E-state index is 0.0841. The fourth-order valence-corrected chi connectivity index (χ4v) is 2.91. The molecule has 1 fully saturated rings. The summed E-state index contributed by atoms with van der Waals surface area (Å²) < 4.78 is 10.8. The highest BCUT2D eigenvalue weighted by atomic mass is 16.5. The third-order valence-corrected chi connectivity index (χ3v) is 4.17. The van der Waals surface area contributed by atoms with E-state index in [1.807, 2.05) is 32.9 Å². The van der Waals surface area contributed by atoms with Gasteiger partial charge in [0.05, 0.1) is 11.7 Å². The highest BCUT2D eigenvalue weighted by Crippen LogP contribution is 2.24. The van der Waals surface area contributed by atoms with Gasteiger partial charge in [0.2, 0.25) is 0 Å². The monoisotopic (exact) mass is 330 g/mol. The van der Waals surface area contributed by atoms with E-state index in [9.17, 15) is 4.79 Å². The molecule has 0 amide bonds. The lowest BCUT2D eigenvalue weighted by Gasteiger charge is -2.24. The third-order valence-electron chi connectivity index (χ3n) is 4.17. The van der Waals surface area contributed by atoms with Crippen LogP contribution in [0, 0.1) is 6.92 Å². The van der Waals surface area contributed by atoms with E-state index in [0.29, 0.717) is 12.4 Å². The van der Waals surface area contributed by atoms with Crippen LogP contribution in [-0.4, -0.2) is 40.3 Å². The van der Waals surface area contributed by atoms with E-state index in [0.717, 1.165) is 30.9 Å². The van der Waals surface area contributed by atoms with Crippen LogP contribution < -0.4 is 4.90 Å². The number of esters is 1. The Labute approximate surface area is 141 Å². The summed E-state index contributed by atoms with van der Waals surface area (Å²) in [6.07, 6.45) is 3.29. The lowest BCUT2D eigenvalue weighted by molar-refractivity contribution is 0.0473. The van der Waals surface area contributed by atoms with Gasteiger partial charge in [0.1, 0.15) is 12.4 Å². The van der Waals surface area contributed by atoms with Crippen LogP contribution in [0.4, 0.5) is 5.82 Å². The summed E-state index contributed by atoms with van der Waals surface area (Å²) >= 11 is 0. The summed E-state index contributed by atoms with van der Waals surface area (Å²) in [7, 11) is 0. The van der Waals surface area contributed by atoms with Gasteiger partial charge in [-0.2, -0.15) is 5.10 Å². The number of carbonyl (C=O) groups is 1. The van der Waals surface area contributed by atoms with E-state index in [4.69, 9.17) is 9.15 Å². The van der Waals surface area contributed by atoms with Gasteiger partial charge in [-0.15, -0.1) is 5.10 Å². The minimum Gasteiger partial charge on any atom is -0.459 e. The van der Waals surface area contributed by atoms with E-state index in [1.54, 1.807) is 0 Å². The number of oxazole rings is 1. The molecular formula is C17H22N4O3. The average Bonchev–Trinajstić information content (AvgIpc) is 3.22. The Kier molecular flexibility index (Phi) is 4.78. The lowest BCUT2D eigenvalue weighted by Crippen LogP contribution is -2.34. The number of ether oxygens (including phenoxy) is 1. The van der Waals surface area contributed by atoms with Gasteiger partial charge >= 0.3 is 5.97 Å². The van der Waals surface area contributed by atoms with Crippen molar-refractivity contribution in [3.8, 4) is 0 Å². The third kappa shape index (κ3) is 3.39. The Morgan fingerprint density at radius 3 is 2.96 bits per heavy atom. The predicted octanol–water partition coefficient (Wildman–Crippen LogP) is 2.72. The van der Waals surface area contributed by atoms with Crippen LogP contribution in [0.25, 0.3) is 0 Å². The molecular weight excluding hydrogens is 308 g/mol. The maximum atomic E-state index is 12.3. The Balaban J connectivity index is 1.64. The van der Waals surface area contributed by atoms with Crippen LogP contribution >= 0.6 is 0 Å². The van der Waals surface area contributed by atoms with Crippen molar-refractivity contribution in [2.75, 3.05) is 18.1 Å². The molecule has 0 bridgehead atoms. The molecule has 1 aliphatic heterocycles. The molecule has 0 N–H and O–H groups in total. The van der Waals surface area contributed by atoms with E-state index >= 15 is 0 Å².